The van der Waals surface area contributed by atoms with Gasteiger partial charge < -0.3 is 10.6 Å². The molecule has 3 nitrogen and oxygen atoms in total. The molecular formula is C20H33ClN2OS. The summed E-state index contributed by atoms with van der Waals surface area (Å²) in [4.78, 5) is 17.4. The fraction of sp³-hybridized carbons (Fsp3) is 0.750. The van der Waals surface area contributed by atoms with Gasteiger partial charge in [-0.3, -0.25) is 4.79 Å². The van der Waals surface area contributed by atoms with Crippen molar-refractivity contribution >= 4 is 29.7 Å². The van der Waals surface area contributed by atoms with Crippen LogP contribution in [0.2, 0.25) is 0 Å². The largest absolute Gasteiger partial charge is 0.338 e. The zero-order chi connectivity index (χ0) is 17.5. The first-order chi connectivity index (χ1) is 11.3. The number of carbonyl (C=O) groups is 1. The summed E-state index contributed by atoms with van der Waals surface area (Å²) in [5, 5.41) is 0. The summed E-state index contributed by atoms with van der Waals surface area (Å²) in [6, 6.07) is 2.36. The lowest BCUT2D eigenvalue weighted by Gasteiger charge is -2.34. The number of thiophene rings is 1. The quantitative estimate of drug-likeness (QED) is 0.814. The second-order valence-electron chi connectivity index (χ2n) is 8.88. The van der Waals surface area contributed by atoms with Crippen LogP contribution in [0.4, 0.5) is 0 Å². The maximum absolute atomic E-state index is 13.0. The van der Waals surface area contributed by atoms with Gasteiger partial charge in [0.15, 0.2) is 0 Å². The molecule has 2 heterocycles. The summed E-state index contributed by atoms with van der Waals surface area (Å²) < 4.78 is 0. The van der Waals surface area contributed by atoms with Crippen LogP contribution in [0.5, 0.6) is 0 Å². The van der Waals surface area contributed by atoms with Gasteiger partial charge in [-0.2, -0.15) is 0 Å². The van der Waals surface area contributed by atoms with Crippen molar-refractivity contribution in [1.82, 2.24) is 4.90 Å². The first kappa shape index (κ1) is 20.7. The van der Waals surface area contributed by atoms with Crippen LogP contribution in [-0.4, -0.2) is 29.9 Å². The highest BCUT2D eigenvalue weighted by Gasteiger charge is 2.32. The molecule has 25 heavy (non-hydrogen) atoms. The molecule has 0 radical (unpaired) electrons. The third-order valence-corrected chi connectivity index (χ3v) is 7.23. The minimum Gasteiger partial charge on any atom is -0.338 e. The van der Waals surface area contributed by atoms with Gasteiger partial charge >= 0.3 is 0 Å². The molecule has 3 atom stereocenters. The van der Waals surface area contributed by atoms with Crippen molar-refractivity contribution in [2.24, 2.45) is 23.0 Å². The highest BCUT2D eigenvalue weighted by molar-refractivity contribution is 7.14. The molecule has 2 aliphatic rings. The normalized spacial score (nSPS) is 25.1. The van der Waals surface area contributed by atoms with E-state index in [1.165, 1.54) is 16.9 Å². The molecule has 3 rings (SSSR count). The van der Waals surface area contributed by atoms with E-state index in [4.69, 9.17) is 5.73 Å². The van der Waals surface area contributed by atoms with E-state index in [0.29, 0.717) is 11.3 Å². The van der Waals surface area contributed by atoms with Crippen molar-refractivity contribution in [2.75, 3.05) is 13.1 Å². The van der Waals surface area contributed by atoms with Gasteiger partial charge in [-0.1, -0.05) is 20.8 Å². The van der Waals surface area contributed by atoms with Crippen LogP contribution in [0.25, 0.3) is 0 Å². The molecule has 1 aromatic heterocycles. The predicted molar refractivity (Wildman–Crippen MR) is 109 cm³/mol. The van der Waals surface area contributed by atoms with Crippen molar-refractivity contribution in [1.29, 1.82) is 0 Å². The van der Waals surface area contributed by atoms with E-state index in [0.717, 1.165) is 49.6 Å². The molecule has 3 unspecified atom stereocenters. The molecule has 0 bridgehead atoms. The molecule has 142 valence electrons. The Kier molecular flexibility index (Phi) is 6.61. The van der Waals surface area contributed by atoms with E-state index >= 15 is 0 Å². The Morgan fingerprint density at radius 3 is 2.72 bits per heavy atom. The van der Waals surface area contributed by atoms with Gasteiger partial charge in [0.25, 0.3) is 5.91 Å². The molecular weight excluding hydrogens is 352 g/mol. The van der Waals surface area contributed by atoms with Gasteiger partial charge in [0, 0.05) is 24.0 Å². The van der Waals surface area contributed by atoms with Crippen LogP contribution in [0.1, 0.15) is 67.1 Å². The number of halogens is 1. The first-order valence-corrected chi connectivity index (χ1v) is 10.2. The van der Waals surface area contributed by atoms with Crippen molar-refractivity contribution in [3.05, 3.63) is 21.4 Å². The van der Waals surface area contributed by atoms with E-state index in [1.54, 1.807) is 11.3 Å². The number of hydrogen-bond donors (Lipinski definition) is 1. The Morgan fingerprint density at radius 1 is 1.36 bits per heavy atom. The standard InChI is InChI=1S/C20H32N2OS.ClH/c1-13(21)14-6-5-9-22(12-14)19(23)18-11-15-10-16(20(2,3)4)7-8-17(15)24-18;/h11,13-14,16H,5-10,12,21H2,1-4H3;1H. The minimum absolute atomic E-state index is 0. The zero-order valence-electron chi connectivity index (χ0n) is 16.0. The number of amides is 1. The Labute approximate surface area is 162 Å². The maximum Gasteiger partial charge on any atom is 0.263 e. The first-order valence-electron chi connectivity index (χ1n) is 9.42. The van der Waals surface area contributed by atoms with Crippen molar-refractivity contribution in [2.45, 2.75) is 65.8 Å². The fourth-order valence-corrected chi connectivity index (χ4v) is 5.32. The summed E-state index contributed by atoms with van der Waals surface area (Å²) in [5.41, 5.74) is 7.84. The van der Waals surface area contributed by atoms with Crippen LogP contribution in [0, 0.1) is 17.3 Å². The second kappa shape index (κ2) is 7.98. The van der Waals surface area contributed by atoms with E-state index < -0.39 is 0 Å². The SMILES string of the molecule is CC(N)C1CCCN(C(=O)c2cc3c(s2)CCC(C(C)(C)C)C3)C1.Cl. The zero-order valence-corrected chi connectivity index (χ0v) is 17.6. The minimum atomic E-state index is 0. The Morgan fingerprint density at radius 2 is 2.08 bits per heavy atom. The lowest BCUT2D eigenvalue weighted by molar-refractivity contribution is 0.0666. The van der Waals surface area contributed by atoms with Crippen molar-refractivity contribution in [3.63, 3.8) is 0 Å². The molecule has 1 fully saturated rings. The third kappa shape index (κ3) is 4.58. The van der Waals surface area contributed by atoms with Gasteiger partial charge in [0.1, 0.15) is 0 Å². The van der Waals surface area contributed by atoms with E-state index in [-0.39, 0.29) is 24.4 Å². The van der Waals surface area contributed by atoms with E-state index in [1.807, 2.05) is 4.90 Å². The number of rotatable bonds is 2. The number of aryl methyl sites for hydroxylation is 1. The number of piperidine rings is 1. The Balaban J connectivity index is 0.00000225. The summed E-state index contributed by atoms with van der Waals surface area (Å²) in [5.74, 6) is 1.40. The molecule has 5 heteroatoms. The molecule has 1 amide bonds. The summed E-state index contributed by atoms with van der Waals surface area (Å²) in [6.07, 6.45) is 5.74. The molecule has 1 saturated heterocycles. The van der Waals surface area contributed by atoms with Gasteiger partial charge in [-0.15, -0.1) is 23.7 Å². The maximum atomic E-state index is 13.0. The van der Waals surface area contributed by atoms with Gasteiger partial charge in [0.2, 0.25) is 0 Å². The smallest absolute Gasteiger partial charge is 0.263 e. The fourth-order valence-electron chi connectivity index (χ4n) is 4.15. The molecule has 2 N–H and O–H groups in total. The molecule has 0 saturated carbocycles. The second-order valence-corrected chi connectivity index (χ2v) is 10.0. The predicted octanol–water partition coefficient (Wildman–Crippen LogP) is 4.52. The Hall–Kier alpha value is -0.580. The molecule has 1 aromatic rings. The molecule has 1 aliphatic carbocycles. The van der Waals surface area contributed by atoms with Gasteiger partial charge in [-0.25, -0.2) is 0 Å². The monoisotopic (exact) mass is 384 g/mol. The number of hydrogen-bond acceptors (Lipinski definition) is 3. The number of nitrogens with two attached hydrogens (primary N) is 1. The number of fused-ring (bicyclic) bond motifs is 1. The molecule has 0 aromatic carbocycles. The van der Waals surface area contributed by atoms with Crippen LogP contribution in [0.3, 0.4) is 0 Å². The number of carbonyl (C=O) groups excluding carboxylic acids is 1. The topological polar surface area (TPSA) is 46.3 Å². The van der Waals surface area contributed by atoms with E-state index in [9.17, 15) is 4.79 Å². The highest BCUT2D eigenvalue weighted by Crippen LogP contribution is 2.40. The van der Waals surface area contributed by atoms with Crippen LogP contribution >= 0.6 is 23.7 Å². The summed E-state index contributed by atoms with van der Waals surface area (Å²) in [7, 11) is 0. The average molecular weight is 385 g/mol. The Bertz CT molecular complexity index is 605. The average Bonchev–Trinajstić information content (AvgIpc) is 2.96. The van der Waals surface area contributed by atoms with Crippen LogP contribution in [0.15, 0.2) is 6.07 Å². The van der Waals surface area contributed by atoms with Gasteiger partial charge in [-0.05, 0) is 67.9 Å². The number of likely N-dealkylation sites (tertiary alicyclic amines) is 1. The van der Waals surface area contributed by atoms with Crippen LogP contribution in [-0.2, 0) is 12.8 Å². The summed E-state index contributed by atoms with van der Waals surface area (Å²) in [6.45, 7) is 10.8. The van der Waals surface area contributed by atoms with Crippen LogP contribution < -0.4 is 5.73 Å². The van der Waals surface area contributed by atoms with E-state index in [2.05, 4.69) is 33.8 Å². The van der Waals surface area contributed by atoms with Crippen molar-refractivity contribution in [3.8, 4) is 0 Å². The molecule has 0 spiro atoms. The van der Waals surface area contributed by atoms with Crippen molar-refractivity contribution < 1.29 is 4.79 Å². The number of nitrogens with zero attached hydrogens (tertiary/aromatic N) is 1. The summed E-state index contributed by atoms with van der Waals surface area (Å²) >= 11 is 1.74. The highest BCUT2D eigenvalue weighted by atomic mass is 35.5. The third-order valence-electron chi connectivity index (χ3n) is 6.01. The van der Waals surface area contributed by atoms with Gasteiger partial charge in [0.05, 0.1) is 4.88 Å². The molecule has 1 aliphatic heterocycles. The lowest BCUT2D eigenvalue weighted by atomic mass is 9.72. The lowest BCUT2D eigenvalue weighted by Crippen LogP contribution is -2.44.